The Balaban J connectivity index is 1.89. The monoisotopic (exact) mass is 279 g/mol. The standard InChI is InChI=1S/C15H21NO4/c1-11(14(18)16-15(10-17)8-3-9-15)20-13-6-4-12(19-2)5-7-13/h4-7,11,17H,3,8-10H2,1-2H3,(H,16,18). The van der Waals surface area contributed by atoms with Crippen LogP contribution >= 0.6 is 0 Å². The van der Waals surface area contributed by atoms with E-state index in [1.807, 2.05) is 0 Å². The molecule has 0 saturated heterocycles. The number of carbonyl (C=O) groups excluding carboxylic acids is 1. The second kappa shape index (κ2) is 6.13. The average Bonchev–Trinajstić information content (AvgIpc) is 2.43. The molecule has 110 valence electrons. The lowest BCUT2D eigenvalue weighted by Gasteiger charge is -2.41. The molecule has 0 radical (unpaired) electrons. The minimum Gasteiger partial charge on any atom is -0.497 e. The molecule has 2 N–H and O–H groups in total. The summed E-state index contributed by atoms with van der Waals surface area (Å²) < 4.78 is 10.6. The van der Waals surface area contributed by atoms with Gasteiger partial charge >= 0.3 is 0 Å². The lowest BCUT2D eigenvalue weighted by molar-refractivity contribution is -0.131. The Hall–Kier alpha value is -1.75. The van der Waals surface area contributed by atoms with Crippen molar-refractivity contribution in [3.8, 4) is 11.5 Å². The molecule has 5 nitrogen and oxygen atoms in total. The van der Waals surface area contributed by atoms with E-state index in [0.29, 0.717) is 5.75 Å². The molecule has 0 bridgehead atoms. The predicted molar refractivity (Wildman–Crippen MR) is 74.9 cm³/mol. The van der Waals surface area contributed by atoms with Gasteiger partial charge in [-0.05, 0) is 50.5 Å². The van der Waals surface area contributed by atoms with Crippen molar-refractivity contribution in [2.24, 2.45) is 0 Å². The van der Waals surface area contributed by atoms with Crippen molar-refractivity contribution in [1.29, 1.82) is 0 Å². The summed E-state index contributed by atoms with van der Waals surface area (Å²) in [6.07, 6.45) is 2.08. The Labute approximate surface area is 118 Å². The van der Waals surface area contributed by atoms with Gasteiger partial charge in [0.25, 0.3) is 5.91 Å². The second-order valence-electron chi connectivity index (χ2n) is 5.22. The SMILES string of the molecule is COc1ccc(OC(C)C(=O)NC2(CO)CCC2)cc1. The molecule has 0 aliphatic heterocycles. The Morgan fingerprint density at radius 2 is 1.95 bits per heavy atom. The summed E-state index contributed by atoms with van der Waals surface area (Å²) in [5.41, 5.74) is -0.436. The number of nitrogens with one attached hydrogen (secondary N) is 1. The first kappa shape index (κ1) is 14.7. The van der Waals surface area contributed by atoms with E-state index in [1.165, 1.54) is 0 Å². The highest BCUT2D eigenvalue weighted by Gasteiger charge is 2.38. The molecule has 20 heavy (non-hydrogen) atoms. The van der Waals surface area contributed by atoms with E-state index in [-0.39, 0.29) is 12.5 Å². The lowest BCUT2D eigenvalue weighted by atomic mass is 9.77. The molecule has 1 aliphatic rings. The maximum Gasteiger partial charge on any atom is 0.261 e. The van der Waals surface area contributed by atoms with Crippen LogP contribution in [0, 0.1) is 0 Å². The first-order valence-corrected chi connectivity index (χ1v) is 6.82. The number of benzene rings is 1. The van der Waals surface area contributed by atoms with Gasteiger partial charge in [-0.3, -0.25) is 4.79 Å². The summed E-state index contributed by atoms with van der Waals surface area (Å²) in [7, 11) is 1.60. The van der Waals surface area contributed by atoms with E-state index in [4.69, 9.17) is 9.47 Å². The van der Waals surface area contributed by atoms with E-state index in [9.17, 15) is 9.90 Å². The van der Waals surface area contributed by atoms with Crippen LogP contribution in [0.4, 0.5) is 0 Å². The second-order valence-corrected chi connectivity index (χ2v) is 5.22. The van der Waals surface area contributed by atoms with Crippen LogP contribution in [0.3, 0.4) is 0 Å². The number of rotatable bonds is 6. The number of carbonyl (C=O) groups is 1. The smallest absolute Gasteiger partial charge is 0.261 e. The van der Waals surface area contributed by atoms with E-state index >= 15 is 0 Å². The van der Waals surface area contributed by atoms with Gasteiger partial charge in [0.1, 0.15) is 11.5 Å². The van der Waals surface area contributed by atoms with Crippen LogP contribution in [-0.4, -0.2) is 36.4 Å². The highest BCUT2D eigenvalue weighted by Crippen LogP contribution is 2.31. The van der Waals surface area contributed by atoms with Crippen LogP contribution in [0.25, 0.3) is 0 Å². The van der Waals surface area contributed by atoms with Crippen LogP contribution in [0.1, 0.15) is 26.2 Å². The average molecular weight is 279 g/mol. The summed E-state index contributed by atoms with van der Waals surface area (Å²) >= 11 is 0. The summed E-state index contributed by atoms with van der Waals surface area (Å²) in [4.78, 5) is 12.1. The highest BCUT2D eigenvalue weighted by atomic mass is 16.5. The first-order valence-electron chi connectivity index (χ1n) is 6.82. The maximum absolute atomic E-state index is 12.1. The Morgan fingerprint density at radius 3 is 2.40 bits per heavy atom. The first-order chi connectivity index (χ1) is 9.58. The zero-order valence-corrected chi connectivity index (χ0v) is 11.9. The van der Waals surface area contributed by atoms with Crippen molar-refractivity contribution in [2.45, 2.75) is 37.8 Å². The molecule has 1 aliphatic carbocycles. The fraction of sp³-hybridized carbons (Fsp3) is 0.533. The Kier molecular flexibility index (Phi) is 4.49. The predicted octanol–water partition coefficient (Wildman–Crippen LogP) is 1.49. The van der Waals surface area contributed by atoms with Crippen LogP contribution in [0.2, 0.25) is 0 Å². The number of ether oxygens (including phenoxy) is 2. The van der Waals surface area contributed by atoms with E-state index in [2.05, 4.69) is 5.32 Å². The molecule has 1 amide bonds. The van der Waals surface area contributed by atoms with E-state index < -0.39 is 11.6 Å². The normalized spacial score (nSPS) is 17.8. The van der Waals surface area contributed by atoms with Crippen molar-refractivity contribution in [2.75, 3.05) is 13.7 Å². The molecular formula is C15H21NO4. The summed E-state index contributed by atoms with van der Waals surface area (Å²) in [5, 5.41) is 12.2. The van der Waals surface area contributed by atoms with Crippen LogP contribution < -0.4 is 14.8 Å². The number of aliphatic hydroxyl groups is 1. The molecule has 0 heterocycles. The third-order valence-electron chi connectivity index (χ3n) is 3.74. The van der Waals surface area contributed by atoms with Gasteiger partial charge < -0.3 is 19.9 Å². The number of hydrogen-bond donors (Lipinski definition) is 2. The quantitative estimate of drug-likeness (QED) is 0.828. The molecule has 1 fully saturated rings. The van der Waals surface area contributed by atoms with Gasteiger partial charge in [0.05, 0.1) is 19.3 Å². The summed E-state index contributed by atoms with van der Waals surface area (Å²) in [6, 6.07) is 7.07. The van der Waals surface area contributed by atoms with Crippen molar-refractivity contribution in [3.05, 3.63) is 24.3 Å². The molecule has 1 saturated carbocycles. The molecule has 5 heteroatoms. The van der Waals surface area contributed by atoms with Crippen LogP contribution in [0.5, 0.6) is 11.5 Å². The van der Waals surface area contributed by atoms with Crippen molar-refractivity contribution >= 4 is 5.91 Å². The molecule has 0 aromatic heterocycles. The van der Waals surface area contributed by atoms with Gasteiger partial charge in [0.15, 0.2) is 6.10 Å². The lowest BCUT2D eigenvalue weighted by Crippen LogP contribution is -2.58. The van der Waals surface area contributed by atoms with Crippen molar-refractivity contribution < 1.29 is 19.4 Å². The molecule has 1 aromatic carbocycles. The topological polar surface area (TPSA) is 67.8 Å². The third-order valence-corrected chi connectivity index (χ3v) is 3.74. The summed E-state index contributed by atoms with van der Waals surface area (Å²) in [5.74, 6) is 1.15. The summed E-state index contributed by atoms with van der Waals surface area (Å²) in [6.45, 7) is 1.68. The fourth-order valence-corrected chi connectivity index (χ4v) is 2.20. The third kappa shape index (κ3) is 3.22. The minimum absolute atomic E-state index is 0.0198. The Morgan fingerprint density at radius 1 is 1.35 bits per heavy atom. The van der Waals surface area contributed by atoms with E-state index in [1.54, 1.807) is 38.3 Å². The number of amides is 1. The zero-order valence-electron chi connectivity index (χ0n) is 11.9. The molecule has 1 aromatic rings. The molecule has 1 atom stereocenters. The Bertz CT molecular complexity index is 448. The largest absolute Gasteiger partial charge is 0.497 e. The van der Waals surface area contributed by atoms with Crippen molar-refractivity contribution in [1.82, 2.24) is 5.32 Å². The van der Waals surface area contributed by atoms with Crippen molar-refractivity contribution in [3.63, 3.8) is 0 Å². The minimum atomic E-state index is -0.604. The molecule has 1 unspecified atom stereocenters. The van der Waals surface area contributed by atoms with Gasteiger partial charge in [-0.15, -0.1) is 0 Å². The number of aliphatic hydroxyl groups excluding tert-OH is 1. The van der Waals surface area contributed by atoms with Crippen LogP contribution in [-0.2, 0) is 4.79 Å². The van der Waals surface area contributed by atoms with Crippen LogP contribution in [0.15, 0.2) is 24.3 Å². The number of hydrogen-bond acceptors (Lipinski definition) is 4. The maximum atomic E-state index is 12.1. The highest BCUT2D eigenvalue weighted by molar-refractivity contribution is 5.81. The van der Waals surface area contributed by atoms with E-state index in [0.717, 1.165) is 25.0 Å². The van der Waals surface area contributed by atoms with Gasteiger partial charge in [-0.1, -0.05) is 0 Å². The number of methoxy groups -OCH3 is 1. The van der Waals surface area contributed by atoms with Gasteiger partial charge in [-0.25, -0.2) is 0 Å². The molecular weight excluding hydrogens is 258 g/mol. The van der Waals surface area contributed by atoms with Gasteiger partial charge in [0.2, 0.25) is 0 Å². The molecule has 0 spiro atoms. The van der Waals surface area contributed by atoms with Gasteiger partial charge in [0, 0.05) is 0 Å². The molecule has 2 rings (SSSR count). The fourth-order valence-electron chi connectivity index (χ4n) is 2.20. The van der Waals surface area contributed by atoms with Gasteiger partial charge in [-0.2, -0.15) is 0 Å². The zero-order chi connectivity index (χ0) is 14.6.